The summed E-state index contributed by atoms with van der Waals surface area (Å²) in [6.45, 7) is 2.16. The Labute approximate surface area is 92.2 Å². The molecule has 1 saturated heterocycles. The number of rotatable bonds is 8. The van der Waals surface area contributed by atoms with E-state index in [1.54, 1.807) is 7.11 Å². The van der Waals surface area contributed by atoms with Gasteiger partial charge in [0.1, 0.15) is 0 Å². The first-order valence-corrected chi connectivity index (χ1v) is 6.89. The van der Waals surface area contributed by atoms with Gasteiger partial charge in [0.2, 0.25) is 0 Å². The third kappa shape index (κ3) is 5.89. The molecule has 84 valence electrons. The van der Waals surface area contributed by atoms with E-state index in [4.69, 9.17) is 4.74 Å². The van der Waals surface area contributed by atoms with Crippen molar-refractivity contribution in [3.8, 4) is 0 Å². The average molecular weight is 217 g/mol. The minimum Gasteiger partial charge on any atom is -0.385 e. The predicted octanol–water partition coefficient (Wildman–Crippen LogP) is 2.29. The van der Waals surface area contributed by atoms with E-state index in [0.29, 0.717) is 0 Å². The number of thioether (sulfide) groups is 1. The van der Waals surface area contributed by atoms with Crippen molar-refractivity contribution in [1.29, 1.82) is 0 Å². The van der Waals surface area contributed by atoms with Crippen molar-refractivity contribution < 1.29 is 4.74 Å². The molecule has 0 aliphatic carbocycles. The number of ether oxygens (including phenoxy) is 1. The first kappa shape index (κ1) is 12.3. The maximum absolute atomic E-state index is 5.01. The number of hydrogen-bond donors (Lipinski definition) is 1. The molecule has 2 nitrogen and oxygen atoms in total. The summed E-state index contributed by atoms with van der Waals surface area (Å²) in [6.07, 6.45) is 6.72. The van der Waals surface area contributed by atoms with Crippen LogP contribution in [0.3, 0.4) is 0 Å². The molecular formula is C11H23NOS. The molecule has 0 saturated carbocycles. The molecule has 1 N–H and O–H groups in total. The average Bonchev–Trinajstić information content (AvgIpc) is 2.69. The number of hydrogen-bond acceptors (Lipinski definition) is 3. The molecule has 0 aromatic rings. The van der Waals surface area contributed by atoms with Gasteiger partial charge >= 0.3 is 0 Å². The summed E-state index contributed by atoms with van der Waals surface area (Å²) in [5, 5.41) is 3.54. The Hall–Kier alpha value is 0.270. The van der Waals surface area contributed by atoms with Crippen molar-refractivity contribution in [2.45, 2.75) is 38.1 Å². The van der Waals surface area contributed by atoms with Crippen LogP contribution in [-0.4, -0.2) is 37.8 Å². The van der Waals surface area contributed by atoms with Gasteiger partial charge in [-0.15, -0.1) is 0 Å². The first-order chi connectivity index (χ1) is 6.93. The fourth-order valence-corrected chi connectivity index (χ4v) is 2.74. The molecule has 0 bridgehead atoms. The largest absolute Gasteiger partial charge is 0.385 e. The number of nitrogens with one attached hydrogen (secondary N) is 1. The molecule has 1 heterocycles. The molecule has 3 heteroatoms. The Balaban J connectivity index is 1.75. The van der Waals surface area contributed by atoms with Crippen LogP contribution in [0.1, 0.15) is 32.1 Å². The zero-order valence-electron chi connectivity index (χ0n) is 9.26. The molecule has 0 spiro atoms. The van der Waals surface area contributed by atoms with Crippen molar-refractivity contribution in [2.24, 2.45) is 0 Å². The molecule has 0 aromatic carbocycles. The fourth-order valence-electron chi connectivity index (χ4n) is 1.84. The first-order valence-electron chi connectivity index (χ1n) is 5.73. The molecule has 1 rings (SSSR count). The van der Waals surface area contributed by atoms with Gasteiger partial charge < -0.3 is 10.1 Å². The van der Waals surface area contributed by atoms with E-state index in [1.807, 2.05) is 0 Å². The van der Waals surface area contributed by atoms with Crippen LogP contribution in [0.25, 0.3) is 0 Å². The highest BCUT2D eigenvalue weighted by Crippen LogP contribution is 2.13. The van der Waals surface area contributed by atoms with Crippen LogP contribution in [0.4, 0.5) is 0 Å². The van der Waals surface area contributed by atoms with Gasteiger partial charge in [0.25, 0.3) is 0 Å². The molecule has 0 radical (unpaired) electrons. The third-order valence-corrected chi connectivity index (χ3v) is 3.80. The van der Waals surface area contributed by atoms with Crippen LogP contribution in [0.5, 0.6) is 0 Å². The van der Waals surface area contributed by atoms with Gasteiger partial charge in [-0.1, -0.05) is 0 Å². The van der Waals surface area contributed by atoms with Gasteiger partial charge in [0, 0.05) is 19.8 Å². The van der Waals surface area contributed by atoms with Gasteiger partial charge in [0.05, 0.1) is 0 Å². The van der Waals surface area contributed by atoms with Crippen LogP contribution < -0.4 is 5.32 Å². The zero-order chi connectivity index (χ0) is 10.1. The smallest absolute Gasteiger partial charge is 0.0470 e. The van der Waals surface area contributed by atoms with Gasteiger partial charge in [-0.05, 0) is 50.2 Å². The minimum absolute atomic E-state index is 0.828. The zero-order valence-corrected chi connectivity index (χ0v) is 10.1. The second-order valence-electron chi connectivity index (χ2n) is 3.89. The normalized spacial score (nSPS) is 21.6. The molecule has 0 amide bonds. The van der Waals surface area contributed by atoms with Crippen molar-refractivity contribution in [3.05, 3.63) is 0 Å². The highest BCUT2D eigenvalue weighted by Gasteiger charge is 2.12. The van der Waals surface area contributed by atoms with Gasteiger partial charge in [-0.3, -0.25) is 0 Å². The lowest BCUT2D eigenvalue weighted by Gasteiger charge is -2.08. The van der Waals surface area contributed by atoms with E-state index in [9.17, 15) is 0 Å². The molecule has 1 fully saturated rings. The van der Waals surface area contributed by atoms with Gasteiger partial charge in [0.15, 0.2) is 0 Å². The lowest BCUT2D eigenvalue weighted by atomic mass is 10.1. The van der Waals surface area contributed by atoms with Gasteiger partial charge in [-0.25, -0.2) is 0 Å². The standard InChI is InChI=1S/C11H23NOS/c1-13-8-4-10-14-9-3-6-11-5-2-7-12-11/h11-12H,2-10H2,1H3. The summed E-state index contributed by atoms with van der Waals surface area (Å²) >= 11 is 2.07. The van der Waals surface area contributed by atoms with Crippen molar-refractivity contribution in [2.75, 3.05) is 31.8 Å². The second kappa shape index (κ2) is 8.57. The summed E-state index contributed by atoms with van der Waals surface area (Å²) in [6, 6.07) is 0.828. The Kier molecular flexibility index (Phi) is 7.55. The monoisotopic (exact) mass is 217 g/mol. The van der Waals surface area contributed by atoms with Crippen LogP contribution in [0, 0.1) is 0 Å². The van der Waals surface area contributed by atoms with Crippen LogP contribution >= 0.6 is 11.8 Å². The SMILES string of the molecule is COCCCSCCCC1CCCN1. The van der Waals surface area contributed by atoms with Crippen molar-refractivity contribution in [3.63, 3.8) is 0 Å². The van der Waals surface area contributed by atoms with E-state index in [-0.39, 0.29) is 0 Å². The Morgan fingerprint density at radius 1 is 1.36 bits per heavy atom. The van der Waals surface area contributed by atoms with E-state index in [1.165, 1.54) is 50.2 Å². The minimum atomic E-state index is 0.828. The maximum Gasteiger partial charge on any atom is 0.0470 e. The fraction of sp³-hybridized carbons (Fsp3) is 1.00. The Morgan fingerprint density at radius 2 is 2.21 bits per heavy atom. The van der Waals surface area contributed by atoms with Crippen LogP contribution in [-0.2, 0) is 4.74 Å². The summed E-state index contributed by atoms with van der Waals surface area (Å²) in [7, 11) is 1.77. The summed E-state index contributed by atoms with van der Waals surface area (Å²) < 4.78 is 5.01. The molecule has 1 aliphatic heterocycles. The topological polar surface area (TPSA) is 21.3 Å². The lowest BCUT2D eigenvalue weighted by molar-refractivity contribution is 0.200. The second-order valence-corrected chi connectivity index (χ2v) is 5.12. The van der Waals surface area contributed by atoms with Gasteiger partial charge in [-0.2, -0.15) is 11.8 Å². The summed E-state index contributed by atoms with van der Waals surface area (Å²) in [5.74, 6) is 2.58. The quantitative estimate of drug-likeness (QED) is 0.630. The predicted molar refractivity (Wildman–Crippen MR) is 64.1 cm³/mol. The maximum atomic E-state index is 5.01. The van der Waals surface area contributed by atoms with E-state index >= 15 is 0 Å². The molecule has 1 unspecified atom stereocenters. The molecular weight excluding hydrogens is 194 g/mol. The highest BCUT2D eigenvalue weighted by molar-refractivity contribution is 7.99. The summed E-state index contributed by atoms with van der Waals surface area (Å²) in [4.78, 5) is 0. The van der Waals surface area contributed by atoms with Crippen LogP contribution in [0.2, 0.25) is 0 Å². The van der Waals surface area contributed by atoms with Crippen molar-refractivity contribution in [1.82, 2.24) is 5.32 Å². The Morgan fingerprint density at radius 3 is 2.93 bits per heavy atom. The summed E-state index contributed by atoms with van der Waals surface area (Å²) in [5.41, 5.74) is 0. The number of methoxy groups -OCH3 is 1. The highest BCUT2D eigenvalue weighted by atomic mass is 32.2. The lowest BCUT2D eigenvalue weighted by Crippen LogP contribution is -2.21. The van der Waals surface area contributed by atoms with E-state index in [2.05, 4.69) is 17.1 Å². The van der Waals surface area contributed by atoms with E-state index in [0.717, 1.165) is 12.6 Å². The van der Waals surface area contributed by atoms with E-state index < -0.39 is 0 Å². The Bertz CT molecular complexity index is 126. The third-order valence-electron chi connectivity index (χ3n) is 2.64. The van der Waals surface area contributed by atoms with Crippen LogP contribution in [0.15, 0.2) is 0 Å². The molecule has 0 aromatic heterocycles. The molecule has 1 atom stereocenters. The van der Waals surface area contributed by atoms with Crippen molar-refractivity contribution >= 4 is 11.8 Å². The molecule has 1 aliphatic rings. The molecule has 14 heavy (non-hydrogen) atoms.